The molecule has 7 nitrogen and oxygen atoms in total. The first-order valence-corrected chi connectivity index (χ1v) is 10.1. The van der Waals surface area contributed by atoms with Crippen LogP contribution in [0.15, 0.2) is 60.7 Å². The summed E-state index contributed by atoms with van der Waals surface area (Å²) in [7, 11) is 0. The van der Waals surface area contributed by atoms with Crippen molar-refractivity contribution in [1.29, 1.82) is 0 Å². The normalized spacial score (nSPS) is 13.4. The number of aryl methyl sites for hydroxylation is 2. The molecule has 1 N–H and O–H groups in total. The molecule has 0 atom stereocenters. The highest BCUT2D eigenvalue weighted by Crippen LogP contribution is 2.22. The maximum Gasteiger partial charge on any atom is 0.343 e. The number of benzene rings is 2. The van der Waals surface area contributed by atoms with Crippen molar-refractivity contribution >= 4 is 23.5 Å². The van der Waals surface area contributed by atoms with Crippen molar-refractivity contribution in [2.45, 2.75) is 26.7 Å². The van der Waals surface area contributed by atoms with Gasteiger partial charge >= 0.3 is 5.97 Å². The fraction of sp³-hybridized carbons (Fsp3) is 0.208. The molecule has 0 unspecified atom stereocenters. The number of rotatable bonds is 5. The fourth-order valence-corrected chi connectivity index (χ4v) is 3.55. The molecule has 2 amide bonds. The van der Waals surface area contributed by atoms with E-state index < -0.39 is 5.97 Å². The minimum absolute atomic E-state index is 0.0987. The van der Waals surface area contributed by atoms with E-state index in [1.165, 1.54) is 0 Å². The number of anilines is 1. The molecule has 4 rings (SSSR count). The molecule has 3 aromatic rings. The smallest absolute Gasteiger partial charge is 0.343 e. The lowest BCUT2D eigenvalue weighted by molar-refractivity contribution is -0.117. The van der Waals surface area contributed by atoms with Crippen LogP contribution in [0.25, 0.3) is 0 Å². The minimum Gasteiger partial charge on any atom is -0.423 e. The van der Waals surface area contributed by atoms with Gasteiger partial charge in [0, 0.05) is 35.6 Å². The Kier molecular flexibility index (Phi) is 5.58. The highest BCUT2D eigenvalue weighted by Gasteiger charge is 2.22. The van der Waals surface area contributed by atoms with Gasteiger partial charge in [0.05, 0.1) is 5.56 Å². The van der Waals surface area contributed by atoms with E-state index in [1.54, 1.807) is 58.1 Å². The van der Waals surface area contributed by atoms with E-state index in [4.69, 9.17) is 4.74 Å². The molecule has 1 fully saturated rings. The number of carbonyl (C=O) groups is 3. The summed E-state index contributed by atoms with van der Waals surface area (Å²) in [6, 6.07) is 17.0. The SMILES string of the molecule is Cc1ccc(C)n1NC(=O)c1ccc(OC(=O)c2ccc(N3CCCC3=O)cc2)cc1. The van der Waals surface area contributed by atoms with Crippen LogP contribution in [-0.4, -0.2) is 29.0 Å². The van der Waals surface area contributed by atoms with Crippen LogP contribution in [0.1, 0.15) is 44.9 Å². The van der Waals surface area contributed by atoms with E-state index in [0.717, 1.165) is 23.5 Å². The molecule has 1 aromatic heterocycles. The second-order valence-electron chi connectivity index (χ2n) is 7.50. The lowest BCUT2D eigenvalue weighted by Gasteiger charge is -2.15. The topological polar surface area (TPSA) is 80.6 Å². The third-order valence-electron chi connectivity index (χ3n) is 5.30. The number of carbonyl (C=O) groups excluding carboxylic acids is 3. The van der Waals surface area contributed by atoms with E-state index >= 15 is 0 Å². The van der Waals surface area contributed by atoms with Gasteiger partial charge in [0.1, 0.15) is 5.75 Å². The second kappa shape index (κ2) is 8.47. The van der Waals surface area contributed by atoms with E-state index in [-0.39, 0.29) is 11.8 Å². The summed E-state index contributed by atoms with van der Waals surface area (Å²) in [4.78, 5) is 38.5. The van der Waals surface area contributed by atoms with Crippen molar-refractivity contribution in [3.8, 4) is 5.75 Å². The Hall–Kier alpha value is -3.87. The summed E-state index contributed by atoms with van der Waals surface area (Å²) >= 11 is 0. The zero-order chi connectivity index (χ0) is 22.0. The first kappa shape index (κ1) is 20.4. The van der Waals surface area contributed by atoms with E-state index in [9.17, 15) is 14.4 Å². The number of esters is 1. The summed E-state index contributed by atoms with van der Waals surface area (Å²) in [5.74, 6) is -0.322. The molecule has 0 bridgehead atoms. The predicted molar refractivity (Wildman–Crippen MR) is 117 cm³/mol. The zero-order valence-corrected chi connectivity index (χ0v) is 17.4. The molecule has 7 heteroatoms. The number of ether oxygens (including phenoxy) is 1. The summed E-state index contributed by atoms with van der Waals surface area (Å²) in [5.41, 5.74) is 6.31. The Morgan fingerprint density at radius 3 is 2.06 bits per heavy atom. The van der Waals surface area contributed by atoms with Crippen LogP contribution in [0.2, 0.25) is 0 Å². The number of hydrogen-bond donors (Lipinski definition) is 1. The monoisotopic (exact) mass is 417 g/mol. The number of hydrogen-bond acceptors (Lipinski definition) is 4. The molecule has 1 aliphatic heterocycles. The fourth-order valence-electron chi connectivity index (χ4n) is 3.55. The molecule has 1 aliphatic rings. The summed E-state index contributed by atoms with van der Waals surface area (Å²) in [6.07, 6.45) is 1.41. The van der Waals surface area contributed by atoms with Gasteiger partial charge in [-0.15, -0.1) is 0 Å². The highest BCUT2D eigenvalue weighted by molar-refractivity contribution is 6.00. The van der Waals surface area contributed by atoms with E-state index in [0.29, 0.717) is 29.8 Å². The van der Waals surface area contributed by atoms with Crippen LogP contribution >= 0.6 is 0 Å². The highest BCUT2D eigenvalue weighted by atomic mass is 16.5. The van der Waals surface area contributed by atoms with Crippen molar-refractivity contribution in [3.05, 3.63) is 83.2 Å². The van der Waals surface area contributed by atoms with Crippen molar-refractivity contribution in [3.63, 3.8) is 0 Å². The van der Waals surface area contributed by atoms with Crippen molar-refractivity contribution in [2.75, 3.05) is 16.9 Å². The van der Waals surface area contributed by atoms with E-state index in [1.807, 2.05) is 26.0 Å². The number of nitrogens with one attached hydrogen (secondary N) is 1. The van der Waals surface area contributed by atoms with Crippen LogP contribution in [0, 0.1) is 13.8 Å². The van der Waals surface area contributed by atoms with Gasteiger partial charge in [-0.05, 0) is 80.9 Å². The van der Waals surface area contributed by atoms with Gasteiger partial charge in [0.2, 0.25) is 5.91 Å². The Balaban J connectivity index is 1.39. The second-order valence-corrected chi connectivity index (χ2v) is 7.50. The van der Waals surface area contributed by atoms with Gasteiger partial charge in [-0.3, -0.25) is 19.7 Å². The maximum atomic E-state index is 12.5. The van der Waals surface area contributed by atoms with Gasteiger partial charge in [-0.1, -0.05) is 0 Å². The Labute approximate surface area is 180 Å². The van der Waals surface area contributed by atoms with Crippen LogP contribution in [0.5, 0.6) is 5.75 Å². The molecule has 0 spiro atoms. The third-order valence-corrected chi connectivity index (χ3v) is 5.30. The number of amides is 2. The Morgan fingerprint density at radius 2 is 1.48 bits per heavy atom. The van der Waals surface area contributed by atoms with E-state index in [2.05, 4.69) is 5.43 Å². The van der Waals surface area contributed by atoms with Gasteiger partial charge in [0.25, 0.3) is 5.91 Å². The maximum absolute atomic E-state index is 12.5. The molecular formula is C24H23N3O4. The van der Waals surface area contributed by atoms with Crippen LogP contribution < -0.4 is 15.1 Å². The molecule has 0 saturated carbocycles. The standard InChI is InChI=1S/C24H23N3O4/c1-16-5-6-17(2)27(16)25-23(29)18-9-13-21(14-10-18)31-24(30)19-7-11-20(12-8-19)26-15-3-4-22(26)28/h5-14H,3-4,15H2,1-2H3,(H,25,29). The minimum atomic E-state index is -0.505. The van der Waals surface area contributed by atoms with Crippen LogP contribution in [0.3, 0.4) is 0 Å². The molecule has 1 saturated heterocycles. The molecule has 2 aromatic carbocycles. The number of nitrogens with zero attached hydrogens (tertiary/aromatic N) is 2. The largest absolute Gasteiger partial charge is 0.423 e. The van der Waals surface area contributed by atoms with Crippen molar-refractivity contribution in [2.24, 2.45) is 0 Å². The molecular weight excluding hydrogens is 394 g/mol. The zero-order valence-electron chi connectivity index (χ0n) is 17.4. The number of aromatic nitrogens is 1. The summed E-state index contributed by atoms with van der Waals surface area (Å²) in [5, 5.41) is 0. The molecule has 31 heavy (non-hydrogen) atoms. The van der Waals surface area contributed by atoms with Gasteiger partial charge in [0.15, 0.2) is 0 Å². The van der Waals surface area contributed by atoms with Gasteiger partial charge in [-0.25, -0.2) is 4.79 Å². The lowest BCUT2D eigenvalue weighted by Crippen LogP contribution is -2.24. The first-order valence-electron chi connectivity index (χ1n) is 10.1. The first-order chi connectivity index (χ1) is 14.9. The molecule has 158 valence electrons. The summed E-state index contributed by atoms with van der Waals surface area (Å²) in [6.45, 7) is 4.52. The quantitative estimate of drug-likeness (QED) is 0.505. The van der Waals surface area contributed by atoms with Crippen molar-refractivity contribution in [1.82, 2.24) is 4.68 Å². The molecule has 2 heterocycles. The molecule has 0 radical (unpaired) electrons. The third kappa shape index (κ3) is 4.35. The van der Waals surface area contributed by atoms with Crippen LogP contribution in [-0.2, 0) is 4.79 Å². The summed E-state index contributed by atoms with van der Waals surface area (Å²) < 4.78 is 7.13. The van der Waals surface area contributed by atoms with Gasteiger partial charge in [-0.2, -0.15) is 0 Å². The van der Waals surface area contributed by atoms with Crippen molar-refractivity contribution < 1.29 is 19.1 Å². The lowest BCUT2D eigenvalue weighted by atomic mass is 10.2. The average molecular weight is 417 g/mol. The Morgan fingerprint density at radius 1 is 0.871 bits per heavy atom. The van der Waals surface area contributed by atoms with Gasteiger partial charge < -0.3 is 9.64 Å². The predicted octanol–water partition coefficient (Wildman–Crippen LogP) is 3.83. The van der Waals surface area contributed by atoms with Crippen LogP contribution in [0.4, 0.5) is 5.69 Å². The Bertz CT molecular complexity index is 1110. The average Bonchev–Trinajstić information content (AvgIpc) is 3.34. The molecule has 0 aliphatic carbocycles.